The second kappa shape index (κ2) is 8.97. The zero-order valence-corrected chi connectivity index (χ0v) is 17.8. The molecular formula is C23H25FN4O4. The first-order valence-electron chi connectivity index (χ1n) is 10.4. The van der Waals surface area contributed by atoms with Crippen molar-refractivity contribution in [1.29, 1.82) is 0 Å². The Hall–Kier alpha value is -3.43. The van der Waals surface area contributed by atoms with Gasteiger partial charge in [-0.05, 0) is 55.8 Å². The fraction of sp³-hybridized carbons (Fsp3) is 0.304. The minimum absolute atomic E-state index is 0.0183. The van der Waals surface area contributed by atoms with Crippen molar-refractivity contribution in [3.8, 4) is 16.9 Å². The molecule has 0 radical (unpaired) electrons. The lowest BCUT2D eigenvalue weighted by molar-refractivity contribution is 0.174. The zero-order valence-electron chi connectivity index (χ0n) is 17.8. The van der Waals surface area contributed by atoms with E-state index in [1.54, 1.807) is 17.8 Å². The Labute approximate surface area is 185 Å². The van der Waals surface area contributed by atoms with Crippen LogP contribution in [-0.2, 0) is 6.54 Å². The maximum Gasteiger partial charge on any atom is 0.419 e. The summed E-state index contributed by atoms with van der Waals surface area (Å²) in [5, 5.41) is 23.7. The predicted octanol–water partition coefficient (Wildman–Crippen LogP) is 3.23. The fourth-order valence-corrected chi connectivity index (χ4v) is 3.96. The third-order valence-corrected chi connectivity index (χ3v) is 5.40. The van der Waals surface area contributed by atoms with E-state index >= 15 is 0 Å². The number of rotatable bonds is 5. The predicted molar refractivity (Wildman–Crippen MR) is 118 cm³/mol. The largest absolute Gasteiger partial charge is 0.419 e. The summed E-state index contributed by atoms with van der Waals surface area (Å²) in [5.41, 5.74) is 2.94. The molecule has 32 heavy (non-hydrogen) atoms. The molecule has 2 heterocycles. The van der Waals surface area contributed by atoms with Gasteiger partial charge in [0.25, 0.3) is 0 Å². The van der Waals surface area contributed by atoms with Crippen molar-refractivity contribution in [3.63, 3.8) is 0 Å². The summed E-state index contributed by atoms with van der Waals surface area (Å²) in [5.74, 6) is -0.175. The van der Waals surface area contributed by atoms with E-state index in [1.807, 2.05) is 36.2 Å². The Bertz CT molecular complexity index is 1100. The van der Waals surface area contributed by atoms with Crippen LogP contribution in [0.5, 0.6) is 5.75 Å². The van der Waals surface area contributed by atoms with E-state index in [2.05, 4.69) is 5.10 Å². The first kappa shape index (κ1) is 21.8. The van der Waals surface area contributed by atoms with Crippen LogP contribution >= 0.6 is 0 Å². The van der Waals surface area contributed by atoms with Gasteiger partial charge in [-0.1, -0.05) is 6.07 Å². The zero-order chi connectivity index (χ0) is 22.8. The molecule has 0 bridgehead atoms. The first-order chi connectivity index (χ1) is 15.4. The number of carbonyl (C=O) groups is 1. The molecule has 1 aliphatic heterocycles. The standard InChI is InChI=1S/C23H25FN4O4/c1-15-13-27(23(31)32-20-6-4-19(24)5-7-20)22-11-17(3-8-21(22)28(15)16(2)30)18-12-25-26(14-18)9-10-29/h3-8,11-12,14-16,29-30H,9-10,13H2,1-2H3/t15-,16?/m0/s1. The molecule has 3 aromatic rings. The number of anilines is 2. The van der Waals surface area contributed by atoms with Crippen LogP contribution in [0.1, 0.15) is 13.8 Å². The molecule has 4 rings (SSSR count). The average molecular weight is 440 g/mol. The molecule has 2 aromatic carbocycles. The normalized spacial score (nSPS) is 16.6. The minimum Gasteiger partial charge on any atom is -0.410 e. The lowest BCUT2D eigenvalue weighted by atomic mass is 10.0. The second-order valence-electron chi connectivity index (χ2n) is 7.74. The van der Waals surface area contributed by atoms with Crippen LogP contribution in [0.3, 0.4) is 0 Å². The van der Waals surface area contributed by atoms with E-state index in [9.17, 15) is 14.3 Å². The molecule has 9 heteroatoms. The van der Waals surface area contributed by atoms with Crippen LogP contribution in [0.2, 0.25) is 0 Å². The van der Waals surface area contributed by atoms with Gasteiger partial charge in [0.1, 0.15) is 17.8 Å². The second-order valence-corrected chi connectivity index (χ2v) is 7.74. The van der Waals surface area contributed by atoms with Crippen LogP contribution in [0, 0.1) is 5.82 Å². The number of amides is 1. The molecule has 0 saturated heterocycles. The molecular weight excluding hydrogens is 415 g/mol. The summed E-state index contributed by atoms with van der Waals surface area (Å²) < 4.78 is 20.3. The highest BCUT2D eigenvalue weighted by Gasteiger charge is 2.34. The summed E-state index contributed by atoms with van der Waals surface area (Å²) in [6, 6.07) is 10.7. The summed E-state index contributed by atoms with van der Waals surface area (Å²) in [4.78, 5) is 16.4. The Kier molecular flexibility index (Phi) is 6.11. The van der Waals surface area contributed by atoms with Gasteiger partial charge in [-0.15, -0.1) is 0 Å². The van der Waals surface area contributed by atoms with Crippen LogP contribution in [-0.4, -0.2) is 51.5 Å². The lowest BCUT2D eigenvalue weighted by Gasteiger charge is -2.43. The molecule has 1 aliphatic rings. The summed E-state index contributed by atoms with van der Waals surface area (Å²) >= 11 is 0. The molecule has 2 N–H and O–H groups in total. The van der Waals surface area contributed by atoms with Gasteiger partial charge >= 0.3 is 6.09 Å². The van der Waals surface area contributed by atoms with Crippen molar-refractivity contribution in [2.75, 3.05) is 23.0 Å². The van der Waals surface area contributed by atoms with Gasteiger partial charge in [0, 0.05) is 24.3 Å². The van der Waals surface area contributed by atoms with Gasteiger partial charge in [-0.2, -0.15) is 5.10 Å². The van der Waals surface area contributed by atoms with E-state index in [0.717, 1.165) is 11.1 Å². The van der Waals surface area contributed by atoms with Crippen LogP contribution in [0.15, 0.2) is 54.9 Å². The third kappa shape index (κ3) is 4.30. The Balaban J connectivity index is 1.71. The molecule has 0 aliphatic carbocycles. The SMILES string of the molecule is CC(O)N1c2ccc(-c3cnn(CCO)c3)cc2N(C(=O)Oc2ccc(F)cc2)C[C@@H]1C. The van der Waals surface area contributed by atoms with E-state index in [4.69, 9.17) is 9.84 Å². The molecule has 168 valence electrons. The Morgan fingerprint density at radius 2 is 1.97 bits per heavy atom. The lowest BCUT2D eigenvalue weighted by Crippen LogP contribution is -2.53. The number of nitrogens with zero attached hydrogens (tertiary/aromatic N) is 4. The first-order valence-corrected chi connectivity index (χ1v) is 10.4. The highest BCUT2D eigenvalue weighted by atomic mass is 19.1. The summed E-state index contributed by atoms with van der Waals surface area (Å²) in [6.45, 7) is 4.26. The number of carbonyl (C=O) groups excluding carboxylic acids is 1. The van der Waals surface area contributed by atoms with E-state index in [-0.39, 0.29) is 18.4 Å². The number of fused-ring (bicyclic) bond motifs is 1. The number of ether oxygens (including phenoxy) is 1. The van der Waals surface area contributed by atoms with Crippen LogP contribution < -0.4 is 14.5 Å². The summed E-state index contributed by atoms with van der Waals surface area (Å²) in [7, 11) is 0. The van der Waals surface area contributed by atoms with Gasteiger partial charge in [0.05, 0.1) is 30.7 Å². The van der Waals surface area contributed by atoms with E-state index in [0.29, 0.717) is 24.5 Å². The van der Waals surface area contributed by atoms with Crippen LogP contribution in [0.25, 0.3) is 11.1 Å². The maximum absolute atomic E-state index is 13.2. The van der Waals surface area contributed by atoms with Gasteiger partial charge in [0.15, 0.2) is 0 Å². The Morgan fingerprint density at radius 1 is 1.22 bits per heavy atom. The molecule has 8 nitrogen and oxygen atoms in total. The van der Waals surface area contributed by atoms with E-state index < -0.39 is 18.1 Å². The quantitative estimate of drug-likeness (QED) is 0.633. The van der Waals surface area contributed by atoms with Gasteiger partial charge in [0.2, 0.25) is 0 Å². The number of benzene rings is 2. The molecule has 1 aromatic heterocycles. The number of aromatic nitrogens is 2. The average Bonchev–Trinajstić information content (AvgIpc) is 3.23. The molecule has 1 unspecified atom stereocenters. The monoisotopic (exact) mass is 440 g/mol. The molecule has 0 spiro atoms. The highest BCUT2D eigenvalue weighted by molar-refractivity contribution is 5.96. The van der Waals surface area contributed by atoms with Gasteiger partial charge in [-0.3, -0.25) is 9.58 Å². The van der Waals surface area contributed by atoms with Crippen LogP contribution in [0.4, 0.5) is 20.6 Å². The minimum atomic E-state index is -0.753. The fourth-order valence-electron chi connectivity index (χ4n) is 3.96. The highest BCUT2D eigenvalue weighted by Crippen LogP contribution is 2.39. The van der Waals surface area contributed by atoms with Crippen molar-refractivity contribution in [2.24, 2.45) is 0 Å². The molecule has 0 fully saturated rings. The van der Waals surface area contributed by atoms with Crippen molar-refractivity contribution in [1.82, 2.24) is 9.78 Å². The number of hydrogen-bond acceptors (Lipinski definition) is 6. The number of hydrogen-bond donors (Lipinski definition) is 2. The number of halogens is 1. The summed E-state index contributed by atoms with van der Waals surface area (Å²) in [6.07, 6.45) is 2.16. The van der Waals surface area contributed by atoms with Crippen molar-refractivity contribution >= 4 is 17.5 Å². The van der Waals surface area contributed by atoms with Gasteiger partial charge < -0.3 is 19.8 Å². The molecule has 2 atom stereocenters. The number of aliphatic hydroxyl groups excluding tert-OH is 2. The van der Waals surface area contributed by atoms with Crippen molar-refractivity contribution in [3.05, 3.63) is 60.7 Å². The molecule has 1 amide bonds. The van der Waals surface area contributed by atoms with E-state index in [1.165, 1.54) is 29.2 Å². The van der Waals surface area contributed by atoms with Gasteiger partial charge in [-0.25, -0.2) is 9.18 Å². The maximum atomic E-state index is 13.2. The van der Waals surface area contributed by atoms with Crippen molar-refractivity contribution in [2.45, 2.75) is 32.7 Å². The topological polar surface area (TPSA) is 91.1 Å². The Morgan fingerprint density at radius 3 is 2.66 bits per heavy atom. The van der Waals surface area contributed by atoms with Crippen molar-refractivity contribution < 1.29 is 24.1 Å². The molecule has 0 saturated carbocycles. The smallest absolute Gasteiger partial charge is 0.410 e. The third-order valence-electron chi connectivity index (χ3n) is 5.40. The number of aliphatic hydroxyl groups is 2.